The van der Waals surface area contributed by atoms with Gasteiger partial charge in [-0.15, -0.1) is 0 Å². The van der Waals surface area contributed by atoms with E-state index >= 15 is 0 Å². The number of nitrogens with two attached hydrogens (primary N) is 1. The number of hydrogen-bond acceptors (Lipinski definition) is 3. The molecule has 1 aromatic heterocycles. The van der Waals surface area contributed by atoms with Crippen molar-refractivity contribution >= 4 is 10.9 Å². The number of nitrogens with zero attached hydrogens (tertiary/aromatic N) is 1. The molecule has 0 radical (unpaired) electrons. The lowest BCUT2D eigenvalue weighted by atomic mass is 10.1. The summed E-state index contributed by atoms with van der Waals surface area (Å²) in [4.78, 5) is 4.16. The summed E-state index contributed by atoms with van der Waals surface area (Å²) in [5.41, 5.74) is 7.08. The Bertz CT molecular complexity index is 569. The molecule has 0 amide bonds. The first-order valence-electron chi connectivity index (χ1n) is 5.78. The van der Waals surface area contributed by atoms with Gasteiger partial charge < -0.3 is 10.5 Å². The van der Waals surface area contributed by atoms with Gasteiger partial charge in [0.2, 0.25) is 5.88 Å². The zero-order valence-electron chi connectivity index (χ0n) is 10.1. The lowest BCUT2D eigenvalue weighted by Gasteiger charge is -2.10. The Labute approximate surface area is 108 Å². The molecule has 0 bridgehead atoms. The molecule has 2 aromatic rings. The third-order valence-corrected chi connectivity index (χ3v) is 2.63. The average Bonchev–Trinajstić information content (AvgIpc) is 2.36. The van der Waals surface area contributed by atoms with Crippen LogP contribution in [0, 0.1) is 0 Å². The van der Waals surface area contributed by atoms with Gasteiger partial charge in [0.1, 0.15) is 0 Å². The monoisotopic (exact) mass is 270 g/mol. The van der Waals surface area contributed by atoms with Crippen molar-refractivity contribution in [3.8, 4) is 5.88 Å². The van der Waals surface area contributed by atoms with Crippen LogP contribution in [0.1, 0.15) is 12.0 Å². The number of hydrogen-bond donors (Lipinski definition) is 1. The Hall–Kier alpha value is -1.82. The van der Waals surface area contributed by atoms with Crippen LogP contribution in [0.4, 0.5) is 13.2 Å². The Balaban J connectivity index is 2.20. The van der Waals surface area contributed by atoms with Gasteiger partial charge in [-0.3, -0.25) is 0 Å². The fraction of sp³-hybridized carbons (Fsp3) is 0.308. The van der Waals surface area contributed by atoms with Crippen molar-refractivity contribution in [1.82, 2.24) is 4.98 Å². The fourth-order valence-electron chi connectivity index (χ4n) is 1.73. The van der Waals surface area contributed by atoms with Crippen LogP contribution in [0.25, 0.3) is 10.9 Å². The predicted molar refractivity (Wildman–Crippen MR) is 65.8 cm³/mol. The second-order valence-corrected chi connectivity index (χ2v) is 4.05. The van der Waals surface area contributed by atoms with E-state index in [1.165, 1.54) is 0 Å². The lowest BCUT2D eigenvalue weighted by Crippen LogP contribution is -2.13. The molecule has 3 nitrogen and oxygen atoms in total. The molecule has 6 heteroatoms. The van der Waals surface area contributed by atoms with Crippen molar-refractivity contribution in [1.29, 1.82) is 0 Å². The second kappa shape index (κ2) is 5.44. The third kappa shape index (κ3) is 3.57. The van der Waals surface area contributed by atoms with E-state index in [-0.39, 0.29) is 12.4 Å². The van der Waals surface area contributed by atoms with Gasteiger partial charge in [-0.2, -0.15) is 13.2 Å². The maximum atomic E-state index is 12.0. The zero-order chi connectivity index (χ0) is 13.9. The molecule has 2 N–H and O–H groups in total. The normalized spacial score (nSPS) is 11.8. The minimum atomic E-state index is -4.23. The highest BCUT2D eigenvalue weighted by Crippen LogP contribution is 2.23. The first kappa shape index (κ1) is 13.6. The molecule has 0 aliphatic rings. The molecule has 0 unspecified atom stereocenters. The largest absolute Gasteiger partial charge is 0.477 e. The number of halogens is 3. The molecule has 0 saturated heterocycles. The van der Waals surface area contributed by atoms with Gasteiger partial charge in [0.15, 0.2) is 0 Å². The van der Waals surface area contributed by atoms with Crippen LogP contribution in [-0.2, 0) is 6.54 Å². The Morgan fingerprint density at radius 3 is 2.63 bits per heavy atom. The molecule has 0 atom stereocenters. The number of rotatable bonds is 4. The van der Waals surface area contributed by atoms with Crippen molar-refractivity contribution in [2.45, 2.75) is 19.1 Å². The minimum absolute atomic E-state index is 0.170. The quantitative estimate of drug-likeness (QED) is 0.929. The van der Waals surface area contributed by atoms with E-state index in [2.05, 4.69) is 4.98 Å². The van der Waals surface area contributed by atoms with Gasteiger partial charge in [-0.25, -0.2) is 4.98 Å². The van der Waals surface area contributed by atoms with Crippen LogP contribution in [0.5, 0.6) is 5.88 Å². The predicted octanol–water partition coefficient (Wildman–Crippen LogP) is 3.02. The topological polar surface area (TPSA) is 48.1 Å². The summed E-state index contributed by atoms with van der Waals surface area (Å²) < 4.78 is 41.2. The first-order chi connectivity index (χ1) is 8.99. The fourth-order valence-corrected chi connectivity index (χ4v) is 1.73. The number of aromatic nitrogens is 1. The van der Waals surface area contributed by atoms with Crippen molar-refractivity contribution in [2.75, 3.05) is 6.61 Å². The van der Waals surface area contributed by atoms with Crippen molar-refractivity contribution < 1.29 is 17.9 Å². The van der Waals surface area contributed by atoms with E-state index in [9.17, 15) is 13.2 Å². The van der Waals surface area contributed by atoms with E-state index in [4.69, 9.17) is 10.5 Å². The number of para-hydroxylation sites is 1. The summed E-state index contributed by atoms with van der Waals surface area (Å²) in [6.07, 6.45) is -5.23. The summed E-state index contributed by atoms with van der Waals surface area (Å²) in [6, 6.07) is 8.87. The number of fused-ring (bicyclic) bond motifs is 1. The molecule has 0 aliphatic carbocycles. The molecule has 0 aliphatic heterocycles. The highest BCUT2D eigenvalue weighted by Gasteiger charge is 2.26. The number of ether oxygens (including phenoxy) is 1. The Morgan fingerprint density at radius 2 is 1.95 bits per heavy atom. The molecule has 2 rings (SSSR count). The molecular weight excluding hydrogens is 257 g/mol. The maximum absolute atomic E-state index is 12.0. The first-order valence-corrected chi connectivity index (χ1v) is 5.78. The van der Waals surface area contributed by atoms with Gasteiger partial charge >= 0.3 is 6.18 Å². The van der Waals surface area contributed by atoms with E-state index < -0.39 is 19.2 Å². The standard InChI is InChI=1S/C13H13F3N2O/c14-13(15,16)5-6-19-12-7-9(8-17)10-3-1-2-4-11(10)18-12/h1-4,7H,5-6,8,17H2. The second-order valence-electron chi connectivity index (χ2n) is 4.05. The molecule has 1 heterocycles. The summed E-state index contributed by atoms with van der Waals surface area (Å²) in [5, 5.41) is 0.883. The molecule has 19 heavy (non-hydrogen) atoms. The molecule has 102 valence electrons. The Morgan fingerprint density at radius 1 is 1.21 bits per heavy atom. The minimum Gasteiger partial charge on any atom is -0.477 e. The molecular formula is C13H13F3N2O. The molecule has 0 fully saturated rings. The summed E-state index contributed by atoms with van der Waals surface area (Å²) in [5.74, 6) is 0.170. The van der Waals surface area contributed by atoms with Gasteiger partial charge in [0, 0.05) is 18.0 Å². The smallest absolute Gasteiger partial charge is 0.392 e. The summed E-state index contributed by atoms with van der Waals surface area (Å²) >= 11 is 0. The van der Waals surface area contributed by atoms with Crippen LogP contribution >= 0.6 is 0 Å². The highest BCUT2D eigenvalue weighted by molar-refractivity contribution is 5.82. The Kier molecular flexibility index (Phi) is 3.90. The van der Waals surface area contributed by atoms with Crippen LogP contribution in [0.2, 0.25) is 0 Å². The van der Waals surface area contributed by atoms with E-state index in [1.54, 1.807) is 18.2 Å². The average molecular weight is 270 g/mol. The van der Waals surface area contributed by atoms with Gasteiger partial charge in [0.25, 0.3) is 0 Å². The van der Waals surface area contributed by atoms with Crippen LogP contribution in [0.15, 0.2) is 30.3 Å². The zero-order valence-corrected chi connectivity index (χ0v) is 10.1. The lowest BCUT2D eigenvalue weighted by molar-refractivity contribution is -0.139. The van der Waals surface area contributed by atoms with Crippen molar-refractivity contribution in [3.63, 3.8) is 0 Å². The number of benzene rings is 1. The van der Waals surface area contributed by atoms with Gasteiger partial charge in [0.05, 0.1) is 18.5 Å². The third-order valence-electron chi connectivity index (χ3n) is 2.63. The van der Waals surface area contributed by atoms with Gasteiger partial charge in [-0.05, 0) is 11.6 Å². The molecule has 1 aromatic carbocycles. The number of alkyl halides is 3. The van der Waals surface area contributed by atoms with Crippen LogP contribution in [0.3, 0.4) is 0 Å². The molecule has 0 saturated carbocycles. The van der Waals surface area contributed by atoms with E-state index in [0.717, 1.165) is 10.9 Å². The molecule has 0 spiro atoms. The summed E-state index contributed by atoms with van der Waals surface area (Å²) in [7, 11) is 0. The maximum Gasteiger partial charge on any atom is 0.392 e. The van der Waals surface area contributed by atoms with Gasteiger partial charge in [-0.1, -0.05) is 18.2 Å². The van der Waals surface area contributed by atoms with Crippen LogP contribution < -0.4 is 10.5 Å². The number of pyridine rings is 1. The van der Waals surface area contributed by atoms with E-state index in [0.29, 0.717) is 5.52 Å². The van der Waals surface area contributed by atoms with Crippen LogP contribution in [-0.4, -0.2) is 17.8 Å². The highest BCUT2D eigenvalue weighted by atomic mass is 19.4. The SMILES string of the molecule is NCc1cc(OCCC(F)(F)F)nc2ccccc12. The summed E-state index contributed by atoms with van der Waals surface area (Å²) in [6.45, 7) is -0.169. The van der Waals surface area contributed by atoms with E-state index in [1.807, 2.05) is 12.1 Å². The van der Waals surface area contributed by atoms with Crippen molar-refractivity contribution in [3.05, 3.63) is 35.9 Å². The van der Waals surface area contributed by atoms with Crippen molar-refractivity contribution in [2.24, 2.45) is 5.73 Å².